The number of benzene rings is 2. The van der Waals surface area contributed by atoms with Crippen LogP contribution >= 0.6 is 0 Å². The van der Waals surface area contributed by atoms with E-state index in [1.165, 1.54) is 0 Å². The van der Waals surface area contributed by atoms with Crippen molar-refractivity contribution in [2.24, 2.45) is 7.05 Å². The Morgan fingerprint density at radius 2 is 1.90 bits per heavy atom. The largest absolute Gasteiger partial charge is 0.329 e. The van der Waals surface area contributed by atoms with E-state index < -0.39 is 11.0 Å². The van der Waals surface area contributed by atoms with Crippen molar-refractivity contribution in [3.63, 3.8) is 0 Å². The highest BCUT2D eigenvalue weighted by Crippen LogP contribution is 2.28. The number of hydrogen-bond donors (Lipinski definition) is 2. The zero-order valence-electron chi connectivity index (χ0n) is 18.2. The van der Waals surface area contributed by atoms with Crippen LogP contribution in [0.25, 0.3) is 10.9 Å². The molecule has 0 bridgehead atoms. The van der Waals surface area contributed by atoms with Gasteiger partial charge in [0.25, 0.3) is 0 Å². The Kier molecular flexibility index (Phi) is 5.71. The molecule has 2 heterocycles. The van der Waals surface area contributed by atoms with Gasteiger partial charge in [-0.1, -0.05) is 6.07 Å². The summed E-state index contributed by atoms with van der Waals surface area (Å²) < 4.78 is 16.8. The summed E-state index contributed by atoms with van der Waals surface area (Å²) in [7, 11) is 4.31. The fraction of sp³-hybridized carbons (Fsp3) is 0.227. The van der Waals surface area contributed by atoms with Gasteiger partial charge in [-0.2, -0.15) is 10.1 Å². The molecule has 0 radical (unpaired) electrons. The summed E-state index contributed by atoms with van der Waals surface area (Å²) >= 11 is 0. The molecule has 0 spiro atoms. The summed E-state index contributed by atoms with van der Waals surface area (Å²) in [5.41, 5.74) is 4.79. The molecular formula is C22H25N7OS. The monoisotopic (exact) mass is 435 g/mol. The third-order valence-corrected chi connectivity index (χ3v) is 6.53. The molecule has 4 rings (SSSR count). The van der Waals surface area contributed by atoms with Crippen LogP contribution in [-0.2, 0) is 18.0 Å². The number of aromatic nitrogens is 4. The van der Waals surface area contributed by atoms with Crippen LogP contribution in [0, 0.1) is 13.8 Å². The lowest BCUT2D eigenvalue weighted by molar-refractivity contribution is 0.677. The standard InChI is InChI=1S/C22H25N7OS/c1-14-6-7-16(12-20(14)31(30)23-3)25-22-24-11-10-21(26-22)28(4)17-8-9-18-15(2)29(5)27-19(18)13-17/h6-13,23H,1-5H3,(H,24,25,26). The SMILES string of the molecule is CNS(=O)c1cc(Nc2nccc(N(C)c3ccc4c(C)n(C)nc4c3)n2)ccc1C. The minimum Gasteiger partial charge on any atom is -0.329 e. The first-order valence-corrected chi connectivity index (χ1v) is 11.0. The van der Waals surface area contributed by atoms with Crippen LogP contribution in [0.4, 0.5) is 23.1 Å². The molecule has 2 aromatic carbocycles. The van der Waals surface area contributed by atoms with Gasteiger partial charge >= 0.3 is 0 Å². The third kappa shape index (κ3) is 4.14. The average Bonchev–Trinajstić information content (AvgIpc) is 3.07. The van der Waals surface area contributed by atoms with Crippen LogP contribution in [0.1, 0.15) is 11.3 Å². The number of rotatable bonds is 6. The van der Waals surface area contributed by atoms with E-state index in [-0.39, 0.29) is 0 Å². The predicted molar refractivity (Wildman–Crippen MR) is 125 cm³/mol. The maximum Gasteiger partial charge on any atom is 0.229 e. The molecule has 0 amide bonds. The van der Waals surface area contributed by atoms with Crippen LogP contribution < -0.4 is 14.9 Å². The summed E-state index contributed by atoms with van der Waals surface area (Å²) in [5.74, 6) is 1.21. The molecule has 160 valence electrons. The lowest BCUT2D eigenvalue weighted by Crippen LogP contribution is -2.13. The molecule has 0 aliphatic heterocycles. The van der Waals surface area contributed by atoms with Gasteiger partial charge in [-0.3, -0.25) is 4.68 Å². The van der Waals surface area contributed by atoms with Crippen molar-refractivity contribution in [3.05, 3.63) is 59.9 Å². The Morgan fingerprint density at radius 1 is 1.10 bits per heavy atom. The van der Waals surface area contributed by atoms with Gasteiger partial charge in [0.05, 0.1) is 10.4 Å². The lowest BCUT2D eigenvalue weighted by atomic mass is 10.2. The molecule has 1 unspecified atom stereocenters. The van der Waals surface area contributed by atoms with Crippen molar-refractivity contribution in [2.75, 3.05) is 24.3 Å². The van der Waals surface area contributed by atoms with Gasteiger partial charge in [0.15, 0.2) is 0 Å². The van der Waals surface area contributed by atoms with Gasteiger partial charge < -0.3 is 10.2 Å². The number of aryl methyl sites for hydroxylation is 3. The van der Waals surface area contributed by atoms with Gasteiger partial charge in [0.1, 0.15) is 16.8 Å². The minimum atomic E-state index is -1.27. The molecule has 2 N–H and O–H groups in total. The average molecular weight is 436 g/mol. The summed E-state index contributed by atoms with van der Waals surface area (Å²) in [4.78, 5) is 11.7. The summed E-state index contributed by atoms with van der Waals surface area (Å²) in [6, 6.07) is 13.7. The summed E-state index contributed by atoms with van der Waals surface area (Å²) in [5, 5.41) is 8.92. The first kappa shape index (κ1) is 21.0. The Morgan fingerprint density at radius 3 is 2.68 bits per heavy atom. The number of hydrogen-bond acceptors (Lipinski definition) is 6. The van der Waals surface area contributed by atoms with Crippen LogP contribution in [-0.4, -0.2) is 38.1 Å². The summed E-state index contributed by atoms with van der Waals surface area (Å²) in [6.45, 7) is 3.99. The Bertz CT molecular complexity index is 1280. The van der Waals surface area contributed by atoms with E-state index in [1.807, 2.05) is 54.9 Å². The molecule has 8 nitrogen and oxygen atoms in total. The molecule has 1 atom stereocenters. The molecule has 0 fully saturated rings. The maximum absolute atomic E-state index is 12.2. The fourth-order valence-electron chi connectivity index (χ4n) is 3.37. The quantitative estimate of drug-likeness (QED) is 0.480. The van der Waals surface area contributed by atoms with Gasteiger partial charge in [0, 0.05) is 42.7 Å². The molecule has 0 saturated heterocycles. The third-order valence-electron chi connectivity index (χ3n) is 5.32. The highest BCUT2D eigenvalue weighted by Gasteiger charge is 2.12. The predicted octanol–water partition coefficient (Wildman–Crippen LogP) is 3.73. The Balaban J connectivity index is 1.60. The van der Waals surface area contributed by atoms with E-state index in [2.05, 4.69) is 50.2 Å². The second-order valence-electron chi connectivity index (χ2n) is 7.29. The van der Waals surface area contributed by atoms with Crippen molar-refractivity contribution >= 4 is 45.0 Å². The van der Waals surface area contributed by atoms with E-state index in [4.69, 9.17) is 0 Å². The zero-order chi connectivity index (χ0) is 22.1. The summed E-state index contributed by atoms with van der Waals surface area (Å²) in [6.07, 6.45) is 1.71. The lowest BCUT2D eigenvalue weighted by Gasteiger charge is -2.19. The van der Waals surface area contributed by atoms with Crippen LogP contribution in [0.2, 0.25) is 0 Å². The van der Waals surface area contributed by atoms with Gasteiger partial charge in [-0.15, -0.1) is 0 Å². The van der Waals surface area contributed by atoms with Crippen molar-refractivity contribution in [1.29, 1.82) is 0 Å². The minimum absolute atomic E-state index is 0.462. The zero-order valence-corrected chi connectivity index (χ0v) is 19.0. The van der Waals surface area contributed by atoms with E-state index in [9.17, 15) is 4.21 Å². The smallest absolute Gasteiger partial charge is 0.229 e. The first-order chi connectivity index (χ1) is 14.9. The molecule has 2 aromatic heterocycles. The van der Waals surface area contributed by atoms with E-state index in [1.54, 1.807) is 13.2 Å². The first-order valence-electron chi connectivity index (χ1n) is 9.84. The number of anilines is 4. The van der Waals surface area contributed by atoms with Crippen molar-refractivity contribution in [3.8, 4) is 0 Å². The molecule has 9 heteroatoms. The van der Waals surface area contributed by atoms with Crippen molar-refractivity contribution < 1.29 is 4.21 Å². The second kappa shape index (κ2) is 8.44. The van der Waals surface area contributed by atoms with E-state index >= 15 is 0 Å². The van der Waals surface area contributed by atoms with Crippen LogP contribution in [0.3, 0.4) is 0 Å². The van der Waals surface area contributed by atoms with Crippen molar-refractivity contribution in [1.82, 2.24) is 24.5 Å². The van der Waals surface area contributed by atoms with Gasteiger partial charge in [0.2, 0.25) is 5.95 Å². The van der Waals surface area contributed by atoms with E-state index in [0.29, 0.717) is 5.95 Å². The van der Waals surface area contributed by atoms with Gasteiger partial charge in [-0.05, 0) is 62.9 Å². The number of fused-ring (bicyclic) bond motifs is 1. The molecule has 31 heavy (non-hydrogen) atoms. The van der Waals surface area contributed by atoms with Crippen LogP contribution in [0.5, 0.6) is 0 Å². The molecule has 0 saturated carbocycles. The van der Waals surface area contributed by atoms with Crippen LogP contribution in [0.15, 0.2) is 53.6 Å². The number of nitrogens with one attached hydrogen (secondary N) is 2. The highest BCUT2D eigenvalue weighted by molar-refractivity contribution is 7.83. The molecule has 0 aliphatic rings. The Labute approximate surface area is 183 Å². The maximum atomic E-state index is 12.2. The normalized spacial score (nSPS) is 12.2. The fourth-order valence-corrected chi connectivity index (χ4v) is 4.19. The topological polar surface area (TPSA) is 88.0 Å². The molecule has 4 aromatic rings. The van der Waals surface area contributed by atoms with Crippen molar-refractivity contribution in [2.45, 2.75) is 18.7 Å². The van der Waals surface area contributed by atoms with E-state index in [0.717, 1.165) is 44.2 Å². The number of nitrogens with zero attached hydrogens (tertiary/aromatic N) is 5. The molecular weight excluding hydrogens is 410 g/mol. The second-order valence-corrected chi connectivity index (χ2v) is 8.67. The molecule has 0 aliphatic carbocycles. The van der Waals surface area contributed by atoms with Gasteiger partial charge in [-0.25, -0.2) is 13.9 Å². The highest BCUT2D eigenvalue weighted by atomic mass is 32.2. The Hall–Kier alpha value is -3.30.